The highest BCUT2D eigenvalue weighted by Gasteiger charge is 2.33. The number of aliphatic carboxylic acids is 1. The van der Waals surface area contributed by atoms with Gasteiger partial charge in [-0.15, -0.1) is 0 Å². The largest absolute Gasteiger partial charge is 0.474 e. The Kier molecular flexibility index (Phi) is 2.56. The molecule has 1 atom stereocenters. The Labute approximate surface area is 76.0 Å². The van der Waals surface area contributed by atoms with Gasteiger partial charge in [-0.2, -0.15) is 0 Å². The highest BCUT2D eigenvalue weighted by atomic mass is 16.4. The smallest absolute Gasteiger partial charge is 0.394 e. The van der Waals surface area contributed by atoms with Gasteiger partial charge in [-0.05, 0) is 19.8 Å². The minimum Gasteiger partial charge on any atom is -0.474 e. The quantitative estimate of drug-likeness (QED) is 0.498. The van der Waals surface area contributed by atoms with Crippen LogP contribution >= 0.6 is 0 Å². The minimum absolute atomic E-state index is 0.109. The highest BCUT2D eigenvalue weighted by Crippen LogP contribution is 2.19. The molecular weight excluding hydrogens is 174 g/mol. The Morgan fingerprint density at radius 1 is 1.46 bits per heavy atom. The zero-order valence-corrected chi connectivity index (χ0v) is 7.49. The number of hydrogen-bond donors (Lipinski definition) is 2. The lowest BCUT2D eigenvalue weighted by Gasteiger charge is -2.35. The second-order valence-corrected chi connectivity index (χ2v) is 3.63. The van der Waals surface area contributed by atoms with Crippen molar-refractivity contribution in [1.29, 1.82) is 0 Å². The zero-order valence-electron chi connectivity index (χ0n) is 7.49. The number of nitrogens with zero attached hydrogens (tertiary/aromatic N) is 1. The molecule has 0 spiro atoms. The van der Waals surface area contributed by atoms with Crippen LogP contribution in [0.15, 0.2) is 0 Å². The van der Waals surface area contributed by atoms with E-state index in [2.05, 4.69) is 0 Å². The van der Waals surface area contributed by atoms with Crippen molar-refractivity contribution in [3.8, 4) is 0 Å². The van der Waals surface area contributed by atoms with Gasteiger partial charge in [-0.25, -0.2) is 4.79 Å². The number of rotatable bonds is 0. The van der Waals surface area contributed by atoms with Crippen LogP contribution in [0.5, 0.6) is 0 Å². The maximum absolute atomic E-state index is 11.0. The van der Waals surface area contributed by atoms with E-state index in [1.165, 1.54) is 4.90 Å². The van der Waals surface area contributed by atoms with E-state index in [0.29, 0.717) is 19.4 Å². The molecule has 1 amide bonds. The fourth-order valence-electron chi connectivity index (χ4n) is 1.53. The van der Waals surface area contributed by atoms with Crippen LogP contribution in [0.2, 0.25) is 0 Å². The van der Waals surface area contributed by atoms with Gasteiger partial charge in [0.15, 0.2) is 0 Å². The molecule has 5 heteroatoms. The predicted octanol–water partition coefficient (Wildman–Crippen LogP) is -0.556. The van der Waals surface area contributed by atoms with E-state index < -0.39 is 17.5 Å². The second-order valence-electron chi connectivity index (χ2n) is 3.63. The number of hydrogen-bond acceptors (Lipinski definition) is 3. The van der Waals surface area contributed by atoms with Crippen molar-refractivity contribution in [2.24, 2.45) is 0 Å². The van der Waals surface area contributed by atoms with E-state index in [1.807, 2.05) is 0 Å². The Balaban J connectivity index is 2.62. The molecule has 1 aliphatic rings. The van der Waals surface area contributed by atoms with Gasteiger partial charge < -0.3 is 15.1 Å². The SMILES string of the molecule is CC1(O)CCCN(C(=O)C(=O)O)C1. The maximum Gasteiger partial charge on any atom is 0.394 e. The van der Waals surface area contributed by atoms with Crippen molar-refractivity contribution >= 4 is 11.9 Å². The van der Waals surface area contributed by atoms with Crippen molar-refractivity contribution < 1.29 is 19.8 Å². The second kappa shape index (κ2) is 3.33. The summed E-state index contributed by atoms with van der Waals surface area (Å²) in [5.74, 6) is -2.39. The number of amides is 1. The summed E-state index contributed by atoms with van der Waals surface area (Å²) in [6.45, 7) is 2.13. The third-order valence-corrected chi connectivity index (χ3v) is 2.15. The number of carbonyl (C=O) groups excluding carboxylic acids is 1. The number of aliphatic hydroxyl groups is 1. The molecule has 0 saturated carbocycles. The summed E-state index contributed by atoms with van der Waals surface area (Å²) in [5.41, 5.74) is -0.941. The molecule has 0 aromatic heterocycles. The lowest BCUT2D eigenvalue weighted by Crippen LogP contribution is -2.50. The molecule has 74 valence electrons. The molecule has 2 N–H and O–H groups in total. The van der Waals surface area contributed by atoms with E-state index in [0.717, 1.165) is 0 Å². The highest BCUT2D eigenvalue weighted by molar-refractivity contribution is 6.31. The van der Waals surface area contributed by atoms with Crippen molar-refractivity contribution in [2.45, 2.75) is 25.4 Å². The van der Waals surface area contributed by atoms with E-state index >= 15 is 0 Å². The maximum atomic E-state index is 11.0. The first-order valence-corrected chi connectivity index (χ1v) is 4.17. The average Bonchev–Trinajstić information content (AvgIpc) is 2.01. The molecule has 0 aromatic rings. The molecule has 0 aromatic carbocycles. The summed E-state index contributed by atoms with van der Waals surface area (Å²) in [4.78, 5) is 22.5. The lowest BCUT2D eigenvalue weighted by atomic mass is 9.95. The molecule has 1 fully saturated rings. The normalized spacial score (nSPS) is 28.6. The molecule has 1 saturated heterocycles. The molecule has 1 heterocycles. The number of piperidine rings is 1. The van der Waals surface area contributed by atoms with Gasteiger partial charge in [-0.1, -0.05) is 0 Å². The van der Waals surface area contributed by atoms with Crippen LogP contribution in [0.4, 0.5) is 0 Å². The third kappa shape index (κ3) is 2.42. The van der Waals surface area contributed by atoms with Crippen LogP contribution in [0.25, 0.3) is 0 Å². The number of carboxylic acids is 1. The van der Waals surface area contributed by atoms with Gasteiger partial charge in [0, 0.05) is 13.1 Å². The molecule has 1 unspecified atom stereocenters. The fourth-order valence-corrected chi connectivity index (χ4v) is 1.53. The molecular formula is C8H13NO4. The Bertz CT molecular complexity index is 236. The van der Waals surface area contributed by atoms with Crippen LogP contribution in [0, 0.1) is 0 Å². The van der Waals surface area contributed by atoms with Crippen LogP contribution in [0.1, 0.15) is 19.8 Å². The fraction of sp³-hybridized carbons (Fsp3) is 0.750. The number of carbonyl (C=O) groups is 2. The summed E-state index contributed by atoms with van der Waals surface area (Å²) < 4.78 is 0. The molecule has 0 radical (unpaired) electrons. The van der Waals surface area contributed by atoms with E-state index in [1.54, 1.807) is 6.92 Å². The van der Waals surface area contributed by atoms with Crippen molar-refractivity contribution in [3.63, 3.8) is 0 Å². The molecule has 0 aliphatic carbocycles. The zero-order chi connectivity index (χ0) is 10.1. The first kappa shape index (κ1) is 9.98. The predicted molar refractivity (Wildman–Crippen MR) is 44.1 cm³/mol. The number of carboxylic acid groups (broad SMARTS) is 1. The van der Waals surface area contributed by atoms with Crippen molar-refractivity contribution in [2.75, 3.05) is 13.1 Å². The van der Waals surface area contributed by atoms with Crippen molar-refractivity contribution in [3.05, 3.63) is 0 Å². The summed E-state index contributed by atoms with van der Waals surface area (Å²) in [6, 6.07) is 0. The minimum atomic E-state index is -1.46. The van der Waals surface area contributed by atoms with Gasteiger partial charge >= 0.3 is 11.9 Å². The Hall–Kier alpha value is -1.10. The monoisotopic (exact) mass is 187 g/mol. The van der Waals surface area contributed by atoms with Gasteiger partial charge in [0.25, 0.3) is 0 Å². The Morgan fingerprint density at radius 3 is 2.54 bits per heavy atom. The average molecular weight is 187 g/mol. The van der Waals surface area contributed by atoms with E-state index in [-0.39, 0.29) is 6.54 Å². The molecule has 1 rings (SSSR count). The van der Waals surface area contributed by atoms with E-state index in [9.17, 15) is 14.7 Å². The van der Waals surface area contributed by atoms with Gasteiger partial charge in [0.2, 0.25) is 0 Å². The van der Waals surface area contributed by atoms with Gasteiger partial charge in [0.1, 0.15) is 0 Å². The number of β-amino-alcohol motifs (C(OH)–C–C–N with tert-alkyl or cyclic N) is 1. The van der Waals surface area contributed by atoms with Crippen LogP contribution in [-0.2, 0) is 9.59 Å². The van der Waals surface area contributed by atoms with Crippen LogP contribution < -0.4 is 0 Å². The molecule has 1 aliphatic heterocycles. The molecule has 13 heavy (non-hydrogen) atoms. The molecule has 0 bridgehead atoms. The summed E-state index contributed by atoms with van der Waals surface area (Å²) >= 11 is 0. The summed E-state index contributed by atoms with van der Waals surface area (Å²) in [5, 5.41) is 18.0. The summed E-state index contributed by atoms with van der Waals surface area (Å²) in [7, 11) is 0. The third-order valence-electron chi connectivity index (χ3n) is 2.15. The lowest BCUT2D eigenvalue weighted by molar-refractivity contribution is -0.159. The Morgan fingerprint density at radius 2 is 2.08 bits per heavy atom. The molecule has 5 nitrogen and oxygen atoms in total. The van der Waals surface area contributed by atoms with Gasteiger partial charge in [0.05, 0.1) is 5.60 Å². The van der Waals surface area contributed by atoms with Gasteiger partial charge in [-0.3, -0.25) is 4.79 Å². The van der Waals surface area contributed by atoms with Crippen LogP contribution in [-0.4, -0.2) is 45.7 Å². The number of likely N-dealkylation sites (tertiary alicyclic amines) is 1. The van der Waals surface area contributed by atoms with E-state index in [4.69, 9.17) is 5.11 Å². The standard InChI is InChI=1S/C8H13NO4/c1-8(13)3-2-4-9(5-8)6(10)7(11)12/h13H,2-5H2,1H3,(H,11,12). The summed E-state index contributed by atoms with van der Waals surface area (Å²) in [6.07, 6.45) is 1.25. The topological polar surface area (TPSA) is 77.8 Å². The first-order valence-electron chi connectivity index (χ1n) is 4.17. The van der Waals surface area contributed by atoms with Crippen LogP contribution in [0.3, 0.4) is 0 Å². The first-order chi connectivity index (χ1) is 5.92. The van der Waals surface area contributed by atoms with Crippen molar-refractivity contribution in [1.82, 2.24) is 4.90 Å².